The van der Waals surface area contributed by atoms with E-state index in [1.54, 1.807) is 223 Å². The third-order valence-electron chi connectivity index (χ3n) is 33.3. The summed E-state index contributed by atoms with van der Waals surface area (Å²) in [4.78, 5) is 0. The summed E-state index contributed by atoms with van der Waals surface area (Å²) in [6.45, 7) is 39.8. The molecular weight excluding hydrogens is 1270 g/mol. The molecule has 0 aromatic heterocycles. The zero-order chi connectivity index (χ0) is 72.9. The Balaban J connectivity index is 0.000000140. The van der Waals surface area contributed by atoms with Crippen LogP contribution in [0.1, 0.15) is 303 Å². The molecule has 3 saturated carbocycles. The van der Waals surface area contributed by atoms with Crippen LogP contribution in [0.2, 0.25) is 0 Å². The third kappa shape index (κ3) is 9.54. The fourth-order valence-electron chi connectivity index (χ4n) is 27.7. The molecule has 0 nitrogen and oxygen atoms in total. The lowest BCUT2D eigenvalue weighted by Crippen LogP contribution is -2.41. The average molecular weight is 1390 g/mol. The first kappa shape index (κ1) is 68.3. The molecule has 21 rings (SSSR count). The Morgan fingerprint density at radius 3 is 0.585 bits per heavy atom. The minimum atomic E-state index is 0.146. The molecule has 6 unspecified atom stereocenters. The van der Waals surface area contributed by atoms with E-state index in [0.717, 1.165) is 38.5 Å². The van der Waals surface area contributed by atoms with E-state index >= 15 is 0 Å². The molecule has 106 heavy (non-hydrogen) atoms. The molecule has 0 spiro atoms. The summed E-state index contributed by atoms with van der Waals surface area (Å²) in [6, 6.07) is 0. The van der Waals surface area contributed by atoms with Crippen molar-refractivity contribution in [3.05, 3.63) is 307 Å². The minimum absolute atomic E-state index is 0.146. The van der Waals surface area contributed by atoms with Crippen LogP contribution in [0, 0.1) is 32.5 Å². The Morgan fingerprint density at radius 2 is 0.368 bits per heavy atom. The van der Waals surface area contributed by atoms with Gasteiger partial charge in [-0.2, -0.15) is 0 Å². The van der Waals surface area contributed by atoms with E-state index in [9.17, 15) is 0 Å². The van der Waals surface area contributed by atoms with Gasteiger partial charge in [0, 0.05) is 32.5 Å². The molecule has 0 amide bonds. The molecule has 0 aromatic rings. The van der Waals surface area contributed by atoms with Crippen LogP contribution in [-0.2, 0) is 0 Å². The van der Waals surface area contributed by atoms with E-state index in [1.807, 2.05) is 0 Å². The lowest BCUT2D eigenvalue weighted by Gasteiger charge is -2.49. The summed E-state index contributed by atoms with van der Waals surface area (Å²) in [7, 11) is 0. The summed E-state index contributed by atoms with van der Waals surface area (Å²) in [5.74, 6) is 0. The van der Waals surface area contributed by atoms with Gasteiger partial charge in [0.15, 0.2) is 0 Å². The van der Waals surface area contributed by atoms with Crippen molar-refractivity contribution in [1.82, 2.24) is 0 Å². The van der Waals surface area contributed by atoms with Crippen LogP contribution in [0.4, 0.5) is 0 Å². The Hall–Kier alpha value is -7.02. The van der Waals surface area contributed by atoms with Crippen molar-refractivity contribution in [2.75, 3.05) is 0 Å². The second-order valence-electron chi connectivity index (χ2n) is 39.9. The largest absolute Gasteiger partial charge is 0.0721 e. The second kappa shape index (κ2) is 23.7. The van der Waals surface area contributed by atoms with Gasteiger partial charge in [0.05, 0.1) is 0 Å². The molecule has 0 aliphatic heterocycles. The zero-order valence-electron chi connectivity index (χ0n) is 68.1. The Labute approximate surface area is 638 Å². The number of allylic oxidation sites excluding steroid dienone is 54. The van der Waals surface area contributed by atoms with Gasteiger partial charge in [-0.05, 0) is 440 Å². The zero-order valence-corrected chi connectivity index (χ0v) is 68.1. The van der Waals surface area contributed by atoms with Crippen LogP contribution in [0.5, 0.6) is 0 Å². The van der Waals surface area contributed by atoms with Crippen LogP contribution in [-0.4, -0.2) is 0 Å². The van der Waals surface area contributed by atoms with Gasteiger partial charge >= 0.3 is 0 Å². The molecule has 21 aliphatic rings. The monoisotopic (exact) mass is 1390 g/mol. The lowest BCUT2D eigenvalue weighted by molar-refractivity contribution is 0.159. The number of hydrogen-bond acceptors (Lipinski definition) is 0. The molecule has 21 aliphatic carbocycles. The quantitative estimate of drug-likeness (QED) is 0.205. The maximum atomic E-state index is 2.78. The summed E-state index contributed by atoms with van der Waals surface area (Å²) in [5.41, 5.74) is 70.0. The van der Waals surface area contributed by atoms with Crippen molar-refractivity contribution in [2.45, 2.75) is 303 Å². The molecule has 0 saturated heterocycles. The fraction of sp³-hybridized carbons (Fsp3) is 0.491. The second-order valence-corrected chi connectivity index (χ2v) is 39.9. The molecule has 0 heterocycles. The molecule has 544 valence electrons. The van der Waals surface area contributed by atoms with Gasteiger partial charge in [-0.1, -0.05) is 170 Å². The van der Waals surface area contributed by atoms with E-state index in [2.05, 4.69) is 184 Å². The third-order valence-corrected chi connectivity index (χ3v) is 33.3. The molecule has 0 N–H and O–H groups in total. The van der Waals surface area contributed by atoms with Crippen LogP contribution in [0.15, 0.2) is 307 Å². The first-order valence-electron chi connectivity index (χ1n) is 42.9. The minimum Gasteiger partial charge on any atom is -0.0721 e. The Morgan fingerprint density at radius 1 is 0.179 bits per heavy atom. The highest BCUT2D eigenvalue weighted by Crippen LogP contribution is 2.75. The summed E-state index contributed by atoms with van der Waals surface area (Å²) in [5, 5.41) is 0. The Bertz CT molecular complexity index is 4950. The van der Waals surface area contributed by atoms with Gasteiger partial charge in [0.2, 0.25) is 0 Å². The molecule has 0 bridgehead atoms. The van der Waals surface area contributed by atoms with Gasteiger partial charge < -0.3 is 0 Å². The molecule has 0 radical (unpaired) electrons. The molecule has 0 aromatic carbocycles. The van der Waals surface area contributed by atoms with Gasteiger partial charge in [-0.25, -0.2) is 0 Å². The van der Waals surface area contributed by atoms with Crippen molar-refractivity contribution in [2.24, 2.45) is 32.5 Å². The highest BCUT2D eigenvalue weighted by Gasteiger charge is 2.63. The Kier molecular flexibility index (Phi) is 15.3. The first-order chi connectivity index (χ1) is 50.8. The van der Waals surface area contributed by atoms with Crippen molar-refractivity contribution < 1.29 is 0 Å². The van der Waals surface area contributed by atoms with E-state index in [-0.39, 0.29) is 32.5 Å². The van der Waals surface area contributed by atoms with Gasteiger partial charge in [-0.3, -0.25) is 0 Å². The van der Waals surface area contributed by atoms with Gasteiger partial charge in [0.1, 0.15) is 0 Å². The normalized spacial score (nSPS) is 34.2. The van der Waals surface area contributed by atoms with Gasteiger partial charge in [-0.15, -0.1) is 0 Å². The van der Waals surface area contributed by atoms with E-state index < -0.39 is 0 Å². The van der Waals surface area contributed by atoms with Crippen molar-refractivity contribution in [3.63, 3.8) is 0 Å². The van der Waals surface area contributed by atoms with Crippen LogP contribution < -0.4 is 0 Å². The van der Waals surface area contributed by atoms with Crippen LogP contribution in [0.25, 0.3) is 0 Å². The lowest BCUT2D eigenvalue weighted by atomic mass is 9.53. The summed E-state index contributed by atoms with van der Waals surface area (Å²) >= 11 is 0. The summed E-state index contributed by atoms with van der Waals surface area (Å²) < 4.78 is 0. The van der Waals surface area contributed by atoms with Crippen molar-refractivity contribution in [3.8, 4) is 0 Å². The highest BCUT2D eigenvalue weighted by molar-refractivity contribution is 5.75. The van der Waals surface area contributed by atoms with Crippen molar-refractivity contribution in [1.29, 1.82) is 0 Å². The average Bonchev–Trinajstić information content (AvgIpc) is 1.51. The first-order valence-corrected chi connectivity index (χ1v) is 42.9. The highest BCUT2D eigenvalue weighted by atomic mass is 14.7. The topological polar surface area (TPSA) is 0 Å². The van der Waals surface area contributed by atoms with E-state index in [0.29, 0.717) is 0 Å². The van der Waals surface area contributed by atoms with E-state index in [1.165, 1.54) is 165 Å². The maximum absolute atomic E-state index is 2.78. The smallest absolute Gasteiger partial charge is 0.00655 e. The summed E-state index contributed by atoms with van der Waals surface area (Å²) in [6.07, 6.45) is 68.8. The van der Waals surface area contributed by atoms with Crippen molar-refractivity contribution >= 4 is 0 Å². The number of fused-ring (bicyclic) bond motifs is 12. The number of rotatable bonds is 10. The van der Waals surface area contributed by atoms with E-state index in [4.69, 9.17) is 0 Å². The predicted octanol–water partition coefficient (Wildman–Crippen LogP) is 29.8. The molecule has 6 atom stereocenters. The van der Waals surface area contributed by atoms with Gasteiger partial charge in [0.25, 0.3) is 0 Å². The maximum Gasteiger partial charge on any atom is 0.00655 e. The SMILES string of the molecule is CC1=CC(C2=C(C3=C(C)CC(C4=CC(C5=C(C6=C(C)CC(C7=CC(C8=C(C9=C(C)CC(C)=C9)CCC8)=C(C)C7)=C6)CCC5)=C(C)C4)=C3)CCC2)=C(C)C1.CC1=CC2=C3CCCC3=C3C=C(C4=CC5=C6CCCC6=C6C=C(C7=CC8=C9CCCC9=C9C=C(C)CC9(C)C8(C)C7)CC6(C)C5(C)C4)CC3(C)C2(C)C1. The molecular formula is C106H120. The van der Waals surface area contributed by atoms with Crippen LogP contribution in [0.3, 0.4) is 0 Å². The van der Waals surface area contributed by atoms with Crippen LogP contribution >= 0.6 is 0 Å². The predicted molar refractivity (Wildman–Crippen MR) is 446 cm³/mol. The number of hydrogen-bond donors (Lipinski definition) is 0. The molecule has 3 fully saturated rings. The standard InChI is InChI=1S/2C53H60/c1-30-18-42-36-12-9-14-38(36)44-20-32(26-50(44,5)48(42,3)24-30)34-22-46-40-16-11-17-41(40)47-23-35(29-53(47,8)52(46,7)28-34)33-21-45-39-15-10-13-37(39)43-19-31(2)25-49(43,4)51(45,6)27-33;1-30-18-32(3)48(20-30)42-12-9-14-44(42)50-26-38(22-34(50)5)40-24-36(7)52(28-40)46-16-11-17-47(46)53-29-41(25-37(53)8)39-23-35(6)51(27-39)45-15-10-13-43(45)49-21-31(2)19-33(49)4/h18-23H,9-17,24-29H2,1-8H3;20-21,26-29H,9-19,22-25H2,1-8H3. The molecule has 0 heteroatoms. The fourth-order valence-corrected chi connectivity index (χ4v) is 27.7.